The smallest absolute Gasteiger partial charge is 0.160 e. The molecule has 0 radical (unpaired) electrons. The standard InChI is InChI=1S/C53H33N3O2/c1-2-10-32(11-3-1)34-18-21-35(22-19-34)51-54-52(40-23-20-33-12-4-5-13-36(33)28-40)56-53(55-51)50-41(25-27-47-49(50)42-16-8-9-17-45(42)57-47)39-24-26-46-43(30-39)44-29-37-14-6-7-15-38(37)31-48(44)58-46/h1-31,51H,(H,54,55,56). The highest BCUT2D eigenvalue weighted by Gasteiger charge is 2.27. The molecule has 0 aliphatic carbocycles. The maximum Gasteiger partial charge on any atom is 0.160 e. The van der Waals surface area contributed by atoms with Gasteiger partial charge in [-0.05, 0) is 97.9 Å². The number of amidine groups is 2. The van der Waals surface area contributed by atoms with E-state index in [4.69, 9.17) is 18.8 Å². The Morgan fingerprint density at radius 2 is 1.03 bits per heavy atom. The lowest BCUT2D eigenvalue weighted by Gasteiger charge is -2.25. The second-order valence-corrected chi connectivity index (χ2v) is 15.0. The molecule has 0 amide bonds. The molecule has 0 saturated heterocycles. The van der Waals surface area contributed by atoms with Crippen LogP contribution in [-0.2, 0) is 0 Å². The van der Waals surface area contributed by atoms with Gasteiger partial charge >= 0.3 is 0 Å². The normalized spacial score (nSPS) is 14.4. The molecule has 58 heavy (non-hydrogen) atoms. The number of hydrogen-bond acceptors (Lipinski definition) is 5. The zero-order valence-corrected chi connectivity index (χ0v) is 31.2. The summed E-state index contributed by atoms with van der Waals surface area (Å²) in [6.45, 7) is 0. The Balaban J connectivity index is 1.09. The van der Waals surface area contributed by atoms with Crippen LogP contribution in [0.5, 0.6) is 0 Å². The molecule has 3 heterocycles. The minimum atomic E-state index is -0.409. The number of para-hydroxylation sites is 1. The van der Waals surface area contributed by atoms with Crippen molar-refractivity contribution in [1.29, 1.82) is 0 Å². The fourth-order valence-corrected chi connectivity index (χ4v) is 8.62. The van der Waals surface area contributed by atoms with E-state index in [9.17, 15) is 0 Å². The molecule has 0 spiro atoms. The Bertz CT molecular complexity index is 3480. The highest BCUT2D eigenvalue weighted by atomic mass is 16.3. The number of fused-ring (bicyclic) bond motifs is 8. The molecule has 1 aliphatic rings. The minimum absolute atomic E-state index is 0.409. The lowest BCUT2D eigenvalue weighted by molar-refractivity contribution is 0.668. The van der Waals surface area contributed by atoms with Crippen LogP contribution in [0.25, 0.3) is 87.7 Å². The van der Waals surface area contributed by atoms with Crippen molar-refractivity contribution in [2.45, 2.75) is 6.17 Å². The number of hydrogen-bond donors (Lipinski definition) is 1. The Morgan fingerprint density at radius 1 is 0.414 bits per heavy atom. The van der Waals surface area contributed by atoms with E-state index < -0.39 is 6.17 Å². The first-order valence-electron chi connectivity index (χ1n) is 19.6. The average molecular weight is 744 g/mol. The highest BCUT2D eigenvalue weighted by molar-refractivity contribution is 6.25. The van der Waals surface area contributed by atoms with Crippen molar-refractivity contribution in [2.75, 3.05) is 0 Å². The number of nitrogens with one attached hydrogen (secondary N) is 1. The Morgan fingerprint density at radius 3 is 1.88 bits per heavy atom. The van der Waals surface area contributed by atoms with Crippen molar-refractivity contribution in [3.05, 3.63) is 205 Å². The summed E-state index contributed by atoms with van der Waals surface area (Å²) in [5, 5.41) is 12.5. The van der Waals surface area contributed by atoms with Crippen molar-refractivity contribution >= 4 is 77.1 Å². The van der Waals surface area contributed by atoms with Gasteiger partial charge in [0.1, 0.15) is 34.3 Å². The number of benzene rings is 9. The van der Waals surface area contributed by atoms with Crippen LogP contribution in [-0.4, -0.2) is 11.7 Å². The molecule has 12 rings (SSSR count). The summed E-state index contributed by atoms with van der Waals surface area (Å²) >= 11 is 0. The molecular weight excluding hydrogens is 711 g/mol. The predicted molar refractivity (Wildman–Crippen MR) is 239 cm³/mol. The van der Waals surface area contributed by atoms with E-state index in [0.29, 0.717) is 5.84 Å². The molecule has 1 atom stereocenters. The van der Waals surface area contributed by atoms with Gasteiger partial charge in [0.15, 0.2) is 5.84 Å². The zero-order chi connectivity index (χ0) is 38.2. The van der Waals surface area contributed by atoms with Gasteiger partial charge in [-0.1, -0.05) is 140 Å². The van der Waals surface area contributed by atoms with E-state index in [-0.39, 0.29) is 0 Å². The molecule has 0 fully saturated rings. The van der Waals surface area contributed by atoms with Gasteiger partial charge in [0.25, 0.3) is 0 Å². The monoisotopic (exact) mass is 743 g/mol. The van der Waals surface area contributed by atoms with Crippen molar-refractivity contribution < 1.29 is 8.83 Å². The van der Waals surface area contributed by atoms with Gasteiger partial charge < -0.3 is 14.2 Å². The third-order valence-corrected chi connectivity index (χ3v) is 11.5. The van der Waals surface area contributed by atoms with Gasteiger partial charge in [-0.15, -0.1) is 0 Å². The Hall–Kier alpha value is -7.76. The van der Waals surface area contributed by atoms with Crippen LogP contribution in [0.4, 0.5) is 0 Å². The summed E-state index contributed by atoms with van der Waals surface area (Å²) < 4.78 is 13.0. The molecule has 0 saturated carbocycles. The molecule has 1 N–H and O–H groups in total. The van der Waals surface area contributed by atoms with Gasteiger partial charge in [-0.2, -0.15) is 0 Å². The van der Waals surface area contributed by atoms with Crippen LogP contribution < -0.4 is 5.32 Å². The fraction of sp³-hybridized carbons (Fsp3) is 0.0189. The van der Waals surface area contributed by atoms with Crippen molar-refractivity contribution in [2.24, 2.45) is 9.98 Å². The van der Waals surface area contributed by atoms with Crippen molar-refractivity contribution in [1.82, 2.24) is 5.32 Å². The molecule has 5 heteroatoms. The number of aliphatic imine (C=N–C) groups is 2. The van der Waals surface area contributed by atoms with E-state index in [1.165, 1.54) is 16.3 Å². The summed E-state index contributed by atoms with van der Waals surface area (Å²) in [5.74, 6) is 1.39. The predicted octanol–water partition coefficient (Wildman–Crippen LogP) is 13.6. The zero-order valence-electron chi connectivity index (χ0n) is 31.2. The van der Waals surface area contributed by atoms with Crippen LogP contribution in [0.1, 0.15) is 22.9 Å². The molecular formula is C53H33N3O2. The SMILES string of the molecule is c1ccc(-c2ccc(C3N=C(c4c(-c5ccc6oc7cc8ccccc8cc7c6c5)ccc5oc6ccccc6c45)N=C(c4ccc5ccccc5c4)N3)cc2)cc1. The van der Waals surface area contributed by atoms with E-state index in [0.717, 1.165) is 93.9 Å². The second-order valence-electron chi connectivity index (χ2n) is 15.0. The first kappa shape index (κ1) is 32.5. The van der Waals surface area contributed by atoms with E-state index >= 15 is 0 Å². The average Bonchev–Trinajstić information content (AvgIpc) is 3.85. The van der Waals surface area contributed by atoms with Gasteiger partial charge in [-0.3, -0.25) is 0 Å². The van der Waals surface area contributed by atoms with Crippen LogP contribution in [0.15, 0.2) is 207 Å². The topological polar surface area (TPSA) is 63.0 Å². The molecule has 272 valence electrons. The molecule has 1 aliphatic heterocycles. The summed E-state index contributed by atoms with van der Waals surface area (Å²) in [6, 6.07) is 65.8. The van der Waals surface area contributed by atoms with Gasteiger partial charge in [0.05, 0.1) is 0 Å². The number of nitrogens with zero attached hydrogens (tertiary/aromatic N) is 2. The molecule has 11 aromatic rings. The van der Waals surface area contributed by atoms with Crippen LogP contribution in [0.3, 0.4) is 0 Å². The quantitative estimate of drug-likeness (QED) is 0.191. The van der Waals surface area contributed by atoms with E-state index in [1.54, 1.807) is 0 Å². The van der Waals surface area contributed by atoms with Crippen molar-refractivity contribution in [3.8, 4) is 22.3 Å². The summed E-state index contributed by atoms with van der Waals surface area (Å²) in [4.78, 5) is 10.9. The molecule has 5 nitrogen and oxygen atoms in total. The van der Waals surface area contributed by atoms with E-state index in [2.05, 4.69) is 175 Å². The first-order chi connectivity index (χ1) is 28.7. The molecule has 0 bridgehead atoms. The maximum absolute atomic E-state index is 6.52. The summed E-state index contributed by atoms with van der Waals surface area (Å²) in [5.41, 5.74) is 10.6. The maximum atomic E-state index is 6.52. The minimum Gasteiger partial charge on any atom is -0.456 e. The highest BCUT2D eigenvalue weighted by Crippen LogP contribution is 2.41. The molecule has 9 aromatic carbocycles. The lowest BCUT2D eigenvalue weighted by atomic mass is 9.93. The third-order valence-electron chi connectivity index (χ3n) is 11.5. The van der Waals surface area contributed by atoms with Crippen LogP contribution in [0, 0.1) is 0 Å². The van der Waals surface area contributed by atoms with Crippen molar-refractivity contribution in [3.63, 3.8) is 0 Å². The molecule has 2 aromatic heterocycles. The van der Waals surface area contributed by atoms with E-state index in [1.807, 2.05) is 18.2 Å². The van der Waals surface area contributed by atoms with Crippen LogP contribution >= 0.6 is 0 Å². The summed E-state index contributed by atoms with van der Waals surface area (Å²) in [6.07, 6.45) is -0.409. The lowest BCUT2D eigenvalue weighted by Crippen LogP contribution is -2.33. The van der Waals surface area contributed by atoms with Gasteiger partial charge in [0, 0.05) is 32.7 Å². The summed E-state index contributed by atoms with van der Waals surface area (Å²) in [7, 11) is 0. The largest absolute Gasteiger partial charge is 0.456 e. The van der Waals surface area contributed by atoms with Crippen LogP contribution in [0.2, 0.25) is 0 Å². The fourth-order valence-electron chi connectivity index (χ4n) is 8.62. The number of rotatable bonds is 5. The van der Waals surface area contributed by atoms with Gasteiger partial charge in [-0.25, -0.2) is 9.98 Å². The Kier molecular flexibility index (Phi) is 7.23. The van der Waals surface area contributed by atoms with Gasteiger partial charge in [0.2, 0.25) is 0 Å². The number of furan rings is 2. The second kappa shape index (κ2) is 12.9. The third kappa shape index (κ3) is 5.32. The molecule has 1 unspecified atom stereocenters. The Labute approximate surface area is 333 Å². The first-order valence-corrected chi connectivity index (χ1v) is 19.6.